The molecule has 6 nitrogen and oxygen atoms in total. The summed E-state index contributed by atoms with van der Waals surface area (Å²) in [6.45, 7) is 1.47. The van der Waals surface area contributed by atoms with Crippen LogP contribution in [0.15, 0.2) is 60.0 Å². The minimum absolute atomic E-state index is 0.0639. The maximum Gasteiger partial charge on any atom is 0.236 e. The SMILES string of the molecule is O=C(CCc1cccc(OC2CCCC2)c1)N1CCN(S(=O)(=O)/C=C/c2ccccc2)CC1. The molecular weight excluding hydrogens is 436 g/mol. The number of piperazine rings is 1. The van der Waals surface area contributed by atoms with Crippen LogP contribution >= 0.6 is 0 Å². The molecule has 0 unspecified atom stereocenters. The first-order chi connectivity index (χ1) is 16.0. The average molecular weight is 469 g/mol. The monoisotopic (exact) mass is 468 g/mol. The number of amides is 1. The summed E-state index contributed by atoms with van der Waals surface area (Å²) < 4.78 is 32.8. The van der Waals surface area contributed by atoms with E-state index in [-0.39, 0.29) is 5.91 Å². The first-order valence-electron chi connectivity index (χ1n) is 11.8. The molecule has 0 radical (unpaired) electrons. The second kappa shape index (κ2) is 11.0. The zero-order chi connectivity index (χ0) is 23.1. The van der Waals surface area contributed by atoms with Gasteiger partial charge >= 0.3 is 0 Å². The summed E-state index contributed by atoms with van der Waals surface area (Å²) in [5, 5.41) is 1.25. The van der Waals surface area contributed by atoms with Crippen molar-refractivity contribution in [3.63, 3.8) is 0 Å². The molecule has 176 valence electrons. The number of benzene rings is 2. The van der Waals surface area contributed by atoms with E-state index in [1.165, 1.54) is 22.6 Å². The van der Waals surface area contributed by atoms with E-state index in [1.54, 1.807) is 11.0 Å². The number of sulfonamides is 1. The molecule has 1 saturated carbocycles. The lowest BCUT2D eigenvalue weighted by atomic mass is 10.1. The Hall–Kier alpha value is -2.64. The van der Waals surface area contributed by atoms with E-state index in [4.69, 9.17) is 4.74 Å². The van der Waals surface area contributed by atoms with Gasteiger partial charge in [0.2, 0.25) is 15.9 Å². The number of hydrogen-bond acceptors (Lipinski definition) is 4. The summed E-state index contributed by atoms with van der Waals surface area (Å²) in [6, 6.07) is 17.4. The molecule has 0 aromatic heterocycles. The zero-order valence-corrected chi connectivity index (χ0v) is 19.8. The van der Waals surface area contributed by atoms with Gasteiger partial charge in [-0.2, -0.15) is 4.31 Å². The van der Waals surface area contributed by atoms with Gasteiger partial charge in [0, 0.05) is 38.0 Å². The van der Waals surface area contributed by atoms with E-state index in [0.29, 0.717) is 45.1 Å². The lowest BCUT2D eigenvalue weighted by Gasteiger charge is -2.33. The third-order valence-electron chi connectivity index (χ3n) is 6.31. The summed E-state index contributed by atoms with van der Waals surface area (Å²) in [4.78, 5) is 14.5. The fourth-order valence-corrected chi connectivity index (χ4v) is 5.56. The number of hydrogen-bond donors (Lipinski definition) is 0. The summed E-state index contributed by atoms with van der Waals surface area (Å²) in [7, 11) is -3.50. The lowest BCUT2D eigenvalue weighted by molar-refractivity contribution is -0.132. The Morgan fingerprint density at radius 3 is 2.42 bits per heavy atom. The van der Waals surface area contributed by atoms with Crippen molar-refractivity contribution in [2.75, 3.05) is 26.2 Å². The Balaban J connectivity index is 1.24. The van der Waals surface area contributed by atoms with Gasteiger partial charge in [-0.05, 0) is 61.4 Å². The van der Waals surface area contributed by atoms with E-state index < -0.39 is 10.0 Å². The molecule has 0 bridgehead atoms. The molecule has 0 spiro atoms. The fraction of sp³-hybridized carbons (Fsp3) is 0.423. The van der Waals surface area contributed by atoms with Gasteiger partial charge in [-0.1, -0.05) is 42.5 Å². The van der Waals surface area contributed by atoms with E-state index in [0.717, 1.165) is 29.7 Å². The van der Waals surface area contributed by atoms with Crippen molar-refractivity contribution < 1.29 is 17.9 Å². The van der Waals surface area contributed by atoms with Crippen LogP contribution < -0.4 is 4.74 Å². The number of nitrogens with zero attached hydrogens (tertiary/aromatic N) is 2. The van der Waals surface area contributed by atoms with E-state index in [9.17, 15) is 13.2 Å². The molecular formula is C26H32N2O4S. The zero-order valence-electron chi connectivity index (χ0n) is 18.9. The van der Waals surface area contributed by atoms with Crippen LogP contribution in [0.1, 0.15) is 43.2 Å². The van der Waals surface area contributed by atoms with Gasteiger partial charge < -0.3 is 9.64 Å². The quantitative estimate of drug-likeness (QED) is 0.585. The fourth-order valence-electron chi connectivity index (χ4n) is 4.39. The molecule has 2 aromatic carbocycles. The standard InChI is InChI=1S/C26H32N2O4S/c29-26(14-13-23-9-6-12-25(21-23)32-24-10-4-5-11-24)27-16-18-28(19-17-27)33(30,31)20-15-22-7-2-1-3-8-22/h1-3,6-9,12,15,20-21,24H,4-5,10-11,13-14,16-19H2/b20-15+. The molecule has 33 heavy (non-hydrogen) atoms. The topological polar surface area (TPSA) is 66.9 Å². The van der Waals surface area contributed by atoms with Gasteiger partial charge in [0.1, 0.15) is 5.75 Å². The molecule has 1 aliphatic heterocycles. The Bertz CT molecular complexity index is 1050. The maximum atomic E-state index is 12.7. The molecule has 1 aliphatic carbocycles. The van der Waals surface area contributed by atoms with Crippen LogP contribution in [0.4, 0.5) is 0 Å². The van der Waals surface area contributed by atoms with E-state index >= 15 is 0 Å². The summed E-state index contributed by atoms with van der Waals surface area (Å²) in [6.07, 6.45) is 7.69. The number of ether oxygens (including phenoxy) is 1. The molecule has 7 heteroatoms. The second-order valence-electron chi connectivity index (χ2n) is 8.71. The highest BCUT2D eigenvalue weighted by molar-refractivity contribution is 7.92. The molecule has 1 heterocycles. The first-order valence-corrected chi connectivity index (χ1v) is 13.3. The second-order valence-corrected chi connectivity index (χ2v) is 10.5. The smallest absolute Gasteiger partial charge is 0.236 e. The van der Waals surface area contributed by atoms with Crippen LogP contribution in [0.2, 0.25) is 0 Å². The third-order valence-corrected chi connectivity index (χ3v) is 7.88. The minimum atomic E-state index is -3.50. The highest BCUT2D eigenvalue weighted by atomic mass is 32.2. The number of carbonyl (C=O) groups is 1. The van der Waals surface area contributed by atoms with Gasteiger partial charge in [-0.3, -0.25) is 4.79 Å². The summed E-state index contributed by atoms with van der Waals surface area (Å²) >= 11 is 0. The predicted molar refractivity (Wildman–Crippen MR) is 130 cm³/mol. The van der Waals surface area contributed by atoms with Crippen LogP contribution in [0.3, 0.4) is 0 Å². The van der Waals surface area contributed by atoms with Crippen LogP contribution in [-0.4, -0.2) is 55.8 Å². The van der Waals surface area contributed by atoms with Crippen molar-refractivity contribution in [2.24, 2.45) is 0 Å². The molecule has 2 aliphatic rings. The molecule has 0 atom stereocenters. The average Bonchev–Trinajstić information content (AvgIpc) is 3.35. The number of rotatable bonds is 8. The van der Waals surface area contributed by atoms with Gasteiger partial charge in [-0.15, -0.1) is 0 Å². The van der Waals surface area contributed by atoms with E-state index in [2.05, 4.69) is 0 Å². The van der Waals surface area contributed by atoms with Gasteiger partial charge in [0.15, 0.2) is 0 Å². The predicted octanol–water partition coefficient (Wildman–Crippen LogP) is 4.09. The van der Waals surface area contributed by atoms with Crippen LogP contribution in [0.25, 0.3) is 6.08 Å². The van der Waals surface area contributed by atoms with Crippen molar-refractivity contribution >= 4 is 22.0 Å². The lowest BCUT2D eigenvalue weighted by Crippen LogP contribution is -2.50. The normalized spacial score (nSPS) is 18.1. The minimum Gasteiger partial charge on any atom is -0.490 e. The number of aryl methyl sites for hydroxylation is 1. The Kier molecular flexibility index (Phi) is 7.83. The van der Waals surface area contributed by atoms with Crippen LogP contribution in [0.5, 0.6) is 5.75 Å². The van der Waals surface area contributed by atoms with Gasteiger partial charge in [0.05, 0.1) is 6.10 Å². The highest BCUT2D eigenvalue weighted by Gasteiger charge is 2.27. The summed E-state index contributed by atoms with van der Waals surface area (Å²) in [5.74, 6) is 0.947. The third kappa shape index (κ3) is 6.68. The molecule has 4 rings (SSSR count). The largest absolute Gasteiger partial charge is 0.490 e. The van der Waals surface area contributed by atoms with Crippen molar-refractivity contribution in [1.82, 2.24) is 9.21 Å². The van der Waals surface area contributed by atoms with Crippen LogP contribution in [0, 0.1) is 0 Å². The van der Waals surface area contributed by atoms with Crippen molar-refractivity contribution in [3.8, 4) is 5.75 Å². The molecule has 1 amide bonds. The van der Waals surface area contributed by atoms with Gasteiger partial charge in [0.25, 0.3) is 0 Å². The van der Waals surface area contributed by atoms with Crippen molar-refractivity contribution in [1.29, 1.82) is 0 Å². The molecule has 1 saturated heterocycles. The van der Waals surface area contributed by atoms with Crippen LogP contribution in [-0.2, 0) is 21.2 Å². The molecule has 2 aromatic rings. The highest BCUT2D eigenvalue weighted by Crippen LogP contribution is 2.25. The van der Waals surface area contributed by atoms with Gasteiger partial charge in [-0.25, -0.2) is 8.42 Å². The van der Waals surface area contributed by atoms with E-state index in [1.807, 2.05) is 54.6 Å². The van der Waals surface area contributed by atoms with Crippen molar-refractivity contribution in [2.45, 2.75) is 44.6 Å². The summed E-state index contributed by atoms with van der Waals surface area (Å²) in [5.41, 5.74) is 1.93. The number of carbonyl (C=O) groups excluding carboxylic acids is 1. The molecule has 2 fully saturated rings. The Morgan fingerprint density at radius 1 is 0.970 bits per heavy atom. The van der Waals surface area contributed by atoms with Crippen molar-refractivity contribution in [3.05, 3.63) is 71.1 Å². The maximum absolute atomic E-state index is 12.7. The first kappa shape index (κ1) is 23.5. The Labute approximate surface area is 196 Å². The Morgan fingerprint density at radius 2 is 1.70 bits per heavy atom. The molecule has 0 N–H and O–H groups in total.